The van der Waals surface area contributed by atoms with Crippen LogP contribution in [-0.4, -0.2) is 13.1 Å². The minimum Gasteiger partial charge on any atom is -0.316 e. The van der Waals surface area contributed by atoms with Crippen LogP contribution in [0.3, 0.4) is 0 Å². The molecule has 1 aromatic rings. The SMILES string of the molecule is CCCNCC(C)(Cc1ccc(Cl)cc1Cl)C(C)C. The van der Waals surface area contributed by atoms with Crippen LogP contribution in [0.2, 0.25) is 10.0 Å². The lowest BCUT2D eigenvalue weighted by Crippen LogP contribution is -2.38. The van der Waals surface area contributed by atoms with Gasteiger partial charge in [0, 0.05) is 16.6 Å². The number of hydrogen-bond acceptors (Lipinski definition) is 1. The molecule has 0 aliphatic heterocycles. The Morgan fingerprint density at radius 2 is 1.95 bits per heavy atom. The summed E-state index contributed by atoms with van der Waals surface area (Å²) in [5, 5.41) is 5.01. The van der Waals surface area contributed by atoms with Crippen molar-refractivity contribution in [3.8, 4) is 0 Å². The zero-order valence-corrected chi connectivity index (χ0v) is 13.9. The lowest BCUT2D eigenvalue weighted by Gasteiger charge is -2.34. The number of hydrogen-bond donors (Lipinski definition) is 1. The first kappa shape index (κ1) is 16.8. The van der Waals surface area contributed by atoms with E-state index >= 15 is 0 Å². The van der Waals surface area contributed by atoms with E-state index < -0.39 is 0 Å². The van der Waals surface area contributed by atoms with Gasteiger partial charge < -0.3 is 5.32 Å². The molecule has 1 aromatic carbocycles. The Labute approximate surface area is 127 Å². The maximum Gasteiger partial charge on any atom is 0.0453 e. The third-order valence-corrected chi connectivity index (χ3v) is 4.55. The average Bonchev–Trinajstić information content (AvgIpc) is 2.33. The van der Waals surface area contributed by atoms with Gasteiger partial charge in [0.1, 0.15) is 0 Å². The maximum atomic E-state index is 6.30. The number of halogens is 2. The van der Waals surface area contributed by atoms with Crippen LogP contribution in [0.1, 0.15) is 39.7 Å². The molecule has 1 nitrogen and oxygen atoms in total. The van der Waals surface area contributed by atoms with Gasteiger partial charge in [0.25, 0.3) is 0 Å². The number of rotatable bonds is 7. The van der Waals surface area contributed by atoms with Gasteiger partial charge in [-0.1, -0.05) is 57.0 Å². The average molecular weight is 302 g/mol. The summed E-state index contributed by atoms with van der Waals surface area (Å²) in [5.41, 5.74) is 1.38. The lowest BCUT2D eigenvalue weighted by atomic mass is 9.74. The molecule has 1 rings (SSSR count). The summed E-state index contributed by atoms with van der Waals surface area (Å²) < 4.78 is 0. The molecule has 0 aliphatic rings. The van der Waals surface area contributed by atoms with Crippen molar-refractivity contribution in [3.63, 3.8) is 0 Å². The zero-order valence-electron chi connectivity index (χ0n) is 12.4. The van der Waals surface area contributed by atoms with Crippen LogP contribution in [0.15, 0.2) is 18.2 Å². The predicted molar refractivity (Wildman–Crippen MR) is 86.3 cm³/mol. The van der Waals surface area contributed by atoms with Crippen LogP contribution < -0.4 is 5.32 Å². The summed E-state index contributed by atoms with van der Waals surface area (Å²) in [6, 6.07) is 5.80. The zero-order chi connectivity index (χ0) is 14.5. The van der Waals surface area contributed by atoms with Gasteiger partial charge in [0.2, 0.25) is 0 Å². The van der Waals surface area contributed by atoms with Gasteiger partial charge >= 0.3 is 0 Å². The Hall–Kier alpha value is -0.240. The second-order valence-electron chi connectivity index (χ2n) is 5.90. The van der Waals surface area contributed by atoms with Gasteiger partial charge in [-0.25, -0.2) is 0 Å². The highest BCUT2D eigenvalue weighted by molar-refractivity contribution is 6.35. The van der Waals surface area contributed by atoms with Crippen molar-refractivity contribution in [3.05, 3.63) is 33.8 Å². The fourth-order valence-electron chi connectivity index (χ4n) is 2.12. The van der Waals surface area contributed by atoms with Crippen molar-refractivity contribution >= 4 is 23.2 Å². The molecule has 0 aromatic heterocycles. The molecule has 1 N–H and O–H groups in total. The van der Waals surface area contributed by atoms with Crippen LogP contribution in [0.25, 0.3) is 0 Å². The van der Waals surface area contributed by atoms with Crippen molar-refractivity contribution in [2.24, 2.45) is 11.3 Å². The fraction of sp³-hybridized carbons (Fsp3) is 0.625. The van der Waals surface area contributed by atoms with Crippen molar-refractivity contribution in [1.82, 2.24) is 5.32 Å². The fourth-order valence-corrected chi connectivity index (χ4v) is 2.60. The molecule has 0 bridgehead atoms. The minimum atomic E-state index is 0.201. The van der Waals surface area contributed by atoms with E-state index in [1.807, 2.05) is 18.2 Å². The highest BCUT2D eigenvalue weighted by Gasteiger charge is 2.29. The van der Waals surface area contributed by atoms with Crippen molar-refractivity contribution < 1.29 is 0 Å². The quantitative estimate of drug-likeness (QED) is 0.683. The van der Waals surface area contributed by atoms with Gasteiger partial charge in [-0.3, -0.25) is 0 Å². The lowest BCUT2D eigenvalue weighted by molar-refractivity contribution is 0.208. The molecule has 0 spiro atoms. The largest absolute Gasteiger partial charge is 0.316 e. The first-order chi connectivity index (χ1) is 8.89. The van der Waals surface area contributed by atoms with Gasteiger partial charge in [0.15, 0.2) is 0 Å². The molecule has 3 heteroatoms. The summed E-state index contributed by atoms with van der Waals surface area (Å²) in [6.07, 6.45) is 2.13. The van der Waals surface area contributed by atoms with Crippen LogP contribution in [-0.2, 0) is 6.42 Å². The predicted octanol–water partition coefficient (Wildman–Crippen LogP) is 5.20. The summed E-state index contributed by atoms with van der Waals surface area (Å²) >= 11 is 12.3. The molecular weight excluding hydrogens is 277 g/mol. The van der Waals surface area contributed by atoms with E-state index in [0.717, 1.165) is 31.0 Å². The third kappa shape index (κ3) is 4.98. The molecule has 0 heterocycles. The summed E-state index contributed by atoms with van der Waals surface area (Å²) in [5.74, 6) is 0.587. The van der Waals surface area contributed by atoms with Crippen molar-refractivity contribution in [1.29, 1.82) is 0 Å². The monoisotopic (exact) mass is 301 g/mol. The van der Waals surface area contributed by atoms with E-state index in [9.17, 15) is 0 Å². The van der Waals surface area contributed by atoms with Crippen LogP contribution >= 0.6 is 23.2 Å². The van der Waals surface area contributed by atoms with E-state index in [2.05, 4.69) is 33.0 Å². The van der Waals surface area contributed by atoms with Crippen molar-refractivity contribution in [2.45, 2.75) is 40.5 Å². The van der Waals surface area contributed by atoms with E-state index in [-0.39, 0.29) is 5.41 Å². The normalized spacial score (nSPS) is 14.7. The molecule has 1 unspecified atom stereocenters. The third-order valence-electron chi connectivity index (χ3n) is 3.96. The van der Waals surface area contributed by atoms with Crippen LogP contribution in [0.4, 0.5) is 0 Å². The number of benzene rings is 1. The topological polar surface area (TPSA) is 12.0 Å². The van der Waals surface area contributed by atoms with Crippen LogP contribution in [0, 0.1) is 11.3 Å². The summed E-state index contributed by atoms with van der Waals surface area (Å²) in [7, 11) is 0. The smallest absolute Gasteiger partial charge is 0.0453 e. The van der Waals surface area contributed by atoms with Crippen molar-refractivity contribution in [2.75, 3.05) is 13.1 Å². The van der Waals surface area contributed by atoms with E-state index in [0.29, 0.717) is 10.9 Å². The molecule has 0 aliphatic carbocycles. The van der Waals surface area contributed by atoms with E-state index in [1.165, 1.54) is 5.56 Å². The van der Waals surface area contributed by atoms with Gasteiger partial charge in [0.05, 0.1) is 0 Å². The molecule has 0 saturated heterocycles. The first-order valence-electron chi connectivity index (χ1n) is 7.03. The first-order valence-corrected chi connectivity index (χ1v) is 7.79. The second kappa shape index (κ2) is 7.52. The molecule has 0 fully saturated rings. The highest BCUT2D eigenvalue weighted by Crippen LogP contribution is 2.34. The Bertz CT molecular complexity index is 404. The van der Waals surface area contributed by atoms with Gasteiger partial charge in [-0.2, -0.15) is 0 Å². The molecule has 1 atom stereocenters. The number of nitrogens with one attached hydrogen (secondary N) is 1. The Morgan fingerprint density at radius 1 is 1.26 bits per heavy atom. The second-order valence-corrected chi connectivity index (χ2v) is 6.74. The Morgan fingerprint density at radius 3 is 2.47 bits per heavy atom. The highest BCUT2D eigenvalue weighted by atomic mass is 35.5. The summed E-state index contributed by atoms with van der Waals surface area (Å²) in [6.45, 7) is 11.1. The molecule has 108 valence electrons. The maximum absolute atomic E-state index is 6.30. The van der Waals surface area contributed by atoms with Gasteiger partial charge in [-0.15, -0.1) is 0 Å². The molecule has 0 saturated carbocycles. The van der Waals surface area contributed by atoms with E-state index in [1.54, 1.807) is 0 Å². The van der Waals surface area contributed by atoms with Crippen LogP contribution in [0.5, 0.6) is 0 Å². The molecule has 0 radical (unpaired) electrons. The minimum absolute atomic E-state index is 0.201. The molecular formula is C16H25Cl2N. The Kier molecular flexibility index (Phi) is 6.65. The van der Waals surface area contributed by atoms with E-state index in [4.69, 9.17) is 23.2 Å². The van der Waals surface area contributed by atoms with Gasteiger partial charge in [-0.05, 0) is 48.4 Å². The molecule has 0 amide bonds. The Balaban J connectivity index is 2.82. The standard InChI is InChI=1S/C16H25Cl2N/c1-5-8-19-11-16(4,12(2)3)10-13-6-7-14(17)9-15(13)18/h6-7,9,12,19H,5,8,10-11H2,1-4H3. The molecule has 19 heavy (non-hydrogen) atoms. The summed E-state index contributed by atoms with van der Waals surface area (Å²) in [4.78, 5) is 0.